The van der Waals surface area contributed by atoms with E-state index in [0.717, 1.165) is 0 Å². The van der Waals surface area contributed by atoms with E-state index in [1.807, 2.05) is 13.8 Å². The first kappa shape index (κ1) is 14.3. The van der Waals surface area contributed by atoms with Gasteiger partial charge in [0.15, 0.2) is 0 Å². The molecule has 96 valence electrons. The first-order valence-corrected chi connectivity index (χ1v) is 7.10. The normalized spacial score (nSPS) is 25.5. The van der Waals surface area contributed by atoms with Gasteiger partial charge in [-0.3, -0.25) is 0 Å². The lowest BCUT2D eigenvalue weighted by molar-refractivity contribution is 0.305. The molecule has 0 saturated carbocycles. The van der Waals surface area contributed by atoms with Gasteiger partial charge in [-0.2, -0.15) is 0 Å². The number of fused-ring (bicyclic) bond motifs is 1. The van der Waals surface area contributed by atoms with Gasteiger partial charge in [0.25, 0.3) is 0 Å². The van der Waals surface area contributed by atoms with Crippen LogP contribution in [0.1, 0.15) is 71.9 Å². The van der Waals surface area contributed by atoms with E-state index in [4.69, 9.17) is 0 Å². The fourth-order valence-electron chi connectivity index (χ4n) is 2.82. The Balaban J connectivity index is 0.000000686. The molecule has 0 spiro atoms. The van der Waals surface area contributed by atoms with Crippen molar-refractivity contribution in [2.75, 3.05) is 0 Å². The Bertz CT molecular complexity index is 362. The molecule has 0 nitrogen and oxygen atoms in total. The zero-order chi connectivity index (χ0) is 13.1. The highest BCUT2D eigenvalue weighted by Gasteiger charge is 2.38. The van der Waals surface area contributed by atoms with Crippen LogP contribution in [0.3, 0.4) is 0 Å². The van der Waals surface area contributed by atoms with Gasteiger partial charge in [0.1, 0.15) is 0 Å². The maximum Gasteiger partial charge on any atom is -0.00746 e. The Hall–Kier alpha value is -0.780. The van der Waals surface area contributed by atoms with Crippen molar-refractivity contribution < 1.29 is 0 Å². The third kappa shape index (κ3) is 2.56. The zero-order valence-electron chi connectivity index (χ0n) is 12.4. The summed E-state index contributed by atoms with van der Waals surface area (Å²) in [6.07, 6.45) is 3.89. The molecule has 0 radical (unpaired) electrons. The standard InChI is InChI=1S/C15H22.C2H6/c1-5-15(4)11-10-14(2,3)12-8-6-7-9-13(12)15;1-2/h6-9H,5,10-11H2,1-4H3;1-2H3. The summed E-state index contributed by atoms with van der Waals surface area (Å²) >= 11 is 0. The molecular formula is C17H28. The smallest absolute Gasteiger partial charge is 0.00746 e. The topological polar surface area (TPSA) is 0 Å². The molecule has 1 atom stereocenters. The van der Waals surface area contributed by atoms with Crippen molar-refractivity contribution in [3.8, 4) is 0 Å². The van der Waals surface area contributed by atoms with Gasteiger partial charge >= 0.3 is 0 Å². The van der Waals surface area contributed by atoms with Gasteiger partial charge in [0, 0.05) is 0 Å². The molecular weight excluding hydrogens is 204 g/mol. The van der Waals surface area contributed by atoms with Gasteiger partial charge in [0.05, 0.1) is 0 Å². The van der Waals surface area contributed by atoms with Crippen molar-refractivity contribution in [3.63, 3.8) is 0 Å². The summed E-state index contributed by atoms with van der Waals surface area (Å²) in [6, 6.07) is 9.03. The Labute approximate surface area is 107 Å². The van der Waals surface area contributed by atoms with E-state index < -0.39 is 0 Å². The molecule has 2 rings (SSSR count). The molecule has 0 aliphatic heterocycles. The summed E-state index contributed by atoms with van der Waals surface area (Å²) in [7, 11) is 0. The summed E-state index contributed by atoms with van der Waals surface area (Å²) in [6.45, 7) is 13.5. The van der Waals surface area contributed by atoms with Crippen LogP contribution >= 0.6 is 0 Å². The van der Waals surface area contributed by atoms with Gasteiger partial charge in [0.2, 0.25) is 0 Å². The van der Waals surface area contributed by atoms with Gasteiger partial charge in [-0.15, -0.1) is 0 Å². The minimum Gasteiger partial charge on any atom is -0.0683 e. The number of rotatable bonds is 1. The first-order valence-electron chi connectivity index (χ1n) is 7.10. The van der Waals surface area contributed by atoms with Crippen LogP contribution in [-0.4, -0.2) is 0 Å². The van der Waals surface area contributed by atoms with Crippen LogP contribution in [0.4, 0.5) is 0 Å². The average Bonchev–Trinajstić information content (AvgIpc) is 2.37. The Morgan fingerprint density at radius 1 is 0.941 bits per heavy atom. The molecule has 1 aliphatic rings. The predicted molar refractivity (Wildman–Crippen MR) is 77.7 cm³/mol. The minimum atomic E-state index is 0.366. The monoisotopic (exact) mass is 232 g/mol. The molecule has 1 aromatic rings. The van der Waals surface area contributed by atoms with Crippen LogP contribution in [0.5, 0.6) is 0 Å². The predicted octanol–water partition coefficient (Wildman–Crippen LogP) is 5.45. The van der Waals surface area contributed by atoms with Crippen molar-refractivity contribution >= 4 is 0 Å². The fourth-order valence-corrected chi connectivity index (χ4v) is 2.82. The van der Waals surface area contributed by atoms with Gasteiger partial charge in [-0.1, -0.05) is 65.8 Å². The Kier molecular flexibility index (Phi) is 4.41. The summed E-state index contributed by atoms with van der Waals surface area (Å²) in [5.74, 6) is 0. The minimum absolute atomic E-state index is 0.366. The maximum atomic E-state index is 2.42. The lowest BCUT2D eigenvalue weighted by Gasteiger charge is -2.43. The van der Waals surface area contributed by atoms with Crippen molar-refractivity contribution in [3.05, 3.63) is 35.4 Å². The third-order valence-corrected chi connectivity index (χ3v) is 4.39. The van der Waals surface area contributed by atoms with E-state index in [9.17, 15) is 0 Å². The van der Waals surface area contributed by atoms with Gasteiger partial charge in [-0.05, 0) is 41.2 Å². The molecule has 0 heteroatoms. The molecule has 0 heterocycles. The summed E-state index contributed by atoms with van der Waals surface area (Å²) in [5.41, 5.74) is 3.93. The molecule has 0 fully saturated rings. The molecule has 0 N–H and O–H groups in total. The van der Waals surface area contributed by atoms with Crippen LogP contribution in [0.2, 0.25) is 0 Å². The zero-order valence-corrected chi connectivity index (χ0v) is 12.4. The number of hydrogen-bond acceptors (Lipinski definition) is 0. The van der Waals surface area contributed by atoms with E-state index in [-0.39, 0.29) is 0 Å². The molecule has 0 bridgehead atoms. The molecule has 1 aliphatic carbocycles. The van der Waals surface area contributed by atoms with Crippen molar-refractivity contribution in [2.45, 2.75) is 71.6 Å². The second-order valence-corrected chi connectivity index (χ2v) is 5.84. The summed E-state index contributed by atoms with van der Waals surface area (Å²) in [5, 5.41) is 0. The van der Waals surface area contributed by atoms with E-state index in [0.29, 0.717) is 10.8 Å². The van der Waals surface area contributed by atoms with Gasteiger partial charge < -0.3 is 0 Å². The molecule has 0 amide bonds. The second-order valence-electron chi connectivity index (χ2n) is 5.84. The lowest BCUT2D eigenvalue weighted by atomic mass is 9.61. The van der Waals surface area contributed by atoms with Crippen molar-refractivity contribution in [2.24, 2.45) is 0 Å². The van der Waals surface area contributed by atoms with E-state index >= 15 is 0 Å². The molecule has 1 aromatic carbocycles. The Morgan fingerprint density at radius 3 is 2.00 bits per heavy atom. The second kappa shape index (κ2) is 5.25. The lowest BCUT2D eigenvalue weighted by Crippen LogP contribution is -2.35. The molecule has 17 heavy (non-hydrogen) atoms. The molecule has 1 unspecified atom stereocenters. The van der Waals surface area contributed by atoms with E-state index in [2.05, 4.69) is 52.0 Å². The van der Waals surface area contributed by atoms with E-state index in [1.54, 1.807) is 11.1 Å². The molecule has 0 saturated heterocycles. The maximum absolute atomic E-state index is 2.42. The highest BCUT2D eigenvalue weighted by molar-refractivity contribution is 5.41. The summed E-state index contributed by atoms with van der Waals surface area (Å²) in [4.78, 5) is 0. The van der Waals surface area contributed by atoms with Crippen LogP contribution in [-0.2, 0) is 10.8 Å². The highest BCUT2D eigenvalue weighted by atomic mass is 14.4. The highest BCUT2D eigenvalue weighted by Crippen LogP contribution is 2.47. The average molecular weight is 232 g/mol. The quantitative estimate of drug-likeness (QED) is 0.604. The number of hydrogen-bond donors (Lipinski definition) is 0. The SMILES string of the molecule is CC.CCC1(C)CCC(C)(C)c2ccccc21. The summed E-state index contributed by atoms with van der Waals surface area (Å²) < 4.78 is 0. The van der Waals surface area contributed by atoms with E-state index in [1.165, 1.54) is 19.3 Å². The van der Waals surface area contributed by atoms with Crippen LogP contribution in [0.25, 0.3) is 0 Å². The Morgan fingerprint density at radius 2 is 1.47 bits per heavy atom. The van der Waals surface area contributed by atoms with Crippen LogP contribution in [0, 0.1) is 0 Å². The fraction of sp³-hybridized carbons (Fsp3) is 0.647. The van der Waals surface area contributed by atoms with Gasteiger partial charge in [-0.25, -0.2) is 0 Å². The van der Waals surface area contributed by atoms with Crippen LogP contribution in [0.15, 0.2) is 24.3 Å². The number of benzene rings is 1. The first-order chi connectivity index (χ1) is 7.99. The van der Waals surface area contributed by atoms with Crippen LogP contribution < -0.4 is 0 Å². The largest absolute Gasteiger partial charge is 0.0683 e. The van der Waals surface area contributed by atoms with Crippen molar-refractivity contribution in [1.82, 2.24) is 0 Å². The third-order valence-electron chi connectivity index (χ3n) is 4.39. The van der Waals surface area contributed by atoms with Crippen molar-refractivity contribution in [1.29, 1.82) is 0 Å². The molecule has 0 aromatic heterocycles.